The summed E-state index contributed by atoms with van der Waals surface area (Å²) >= 11 is 7.16. The molecule has 0 bridgehead atoms. The number of nitrogens with zero attached hydrogens (tertiary/aromatic N) is 1. The average molecular weight is 508 g/mol. The van der Waals surface area contributed by atoms with Gasteiger partial charge >= 0.3 is 0 Å². The van der Waals surface area contributed by atoms with Crippen LogP contribution in [-0.2, 0) is 9.59 Å². The van der Waals surface area contributed by atoms with Crippen LogP contribution in [0.3, 0.4) is 0 Å². The highest BCUT2D eigenvalue weighted by atomic mass is 127. The summed E-state index contributed by atoms with van der Waals surface area (Å²) < 4.78 is 5.97. The number of carbonyl (C=O) groups excluding carboxylic acids is 2. The zero-order valence-corrected chi connectivity index (χ0v) is 18.1. The van der Waals surface area contributed by atoms with Crippen LogP contribution in [0, 0.1) is 10.5 Å². The molecule has 0 radical (unpaired) electrons. The predicted octanol–water partition coefficient (Wildman–Crippen LogP) is 3.54. The van der Waals surface area contributed by atoms with E-state index >= 15 is 0 Å². The molecular weight excluding hydrogens is 491 g/mol. The summed E-state index contributed by atoms with van der Waals surface area (Å²) in [6.07, 6.45) is 1.46. The van der Waals surface area contributed by atoms with Crippen molar-refractivity contribution in [2.45, 2.75) is 13.8 Å². The second-order valence-electron chi connectivity index (χ2n) is 6.08. The standard InChI is InChI=1S/C20H17IN2O4S/c1-3-27-16-10-12(9-15(21)17(16)24)8-14-18(25)22-20(28)23(19(14)26)13-6-4-11(2)5-7-13/h4-10,24H,3H2,1-2H3,(H,22,25,28). The minimum atomic E-state index is -0.570. The first-order valence-electron chi connectivity index (χ1n) is 8.45. The van der Waals surface area contributed by atoms with E-state index < -0.39 is 11.8 Å². The van der Waals surface area contributed by atoms with Crippen LogP contribution in [0.1, 0.15) is 18.1 Å². The lowest BCUT2D eigenvalue weighted by atomic mass is 10.1. The van der Waals surface area contributed by atoms with E-state index in [1.807, 2.05) is 41.6 Å². The highest BCUT2D eigenvalue weighted by Crippen LogP contribution is 2.34. The zero-order valence-electron chi connectivity index (χ0n) is 15.2. The number of benzene rings is 2. The molecule has 6 nitrogen and oxygen atoms in total. The summed E-state index contributed by atoms with van der Waals surface area (Å²) in [4.78, 5) is 26.7. The molecule has 1 saturated heterocycles. The van der Waals surface area contributed by atoms with Crippen molar-refractivity contribution in [1.29, 1.82) is 0 Å². The maximum absolute atomic E-state index is 13.0. The molecule has 0 spiro atoms. The van der Waals surface area contributed by atoms with Crippen LogP contribution >= 0.6 is 34.8 Å². The molecule has 3 rings (SSSR count). The van der Waals surface area contributed by atoms with Crippen molar-refractivity contribution in [1.82, 2.24) is 5.32 Å². The summed E-state index contributed by atoms with van der Waals surface area (Å²) in [7, 11) is 0. The predicted molar refractivity (Wildman–Crippen MR) is 119 cm³/mol. The molecule has 0 saturated carbocycles. The van der Waals surface area contributed by atoms with Gasteiger partial charge in [0.05, 0.1) is 15.9 Å². The number of halogens is 1. The quantitative estimate of drug-likeness (QED) is 0.286. The van der Waals surface area contributed by atoms with Gasteiger partial charge in [-0.1, -0.05) is 17.7 Å². The Hall–Kier alpha value is -2.46. The lowest BCUT2D eigenvalue weighted by Crippen LogP contribution is -2.54. The molecule has 0 unspecified atom stereocenters. The SMILES string of the molecule is CCOc1cc(C=C2C(=O)NC(=S)N(c3ccc(C)cc3)C2=O)cc(I)c1O. The highest BCUT2D eigenvalue weighted by Gasteiger charge is 2.34. The van der Waals surface area contributed by atoms with Gasteiger partial charge in [-0.15, -0.1) is 0 Å². The first kappa shape index (κ1) is 20.3. The van der Waals surface area contributed by atoms with Crippen LogP contribution in [0.25, 0.3) is 6.08 Å². The third-order valence-electron chi connectivity index (χ3n) is 4.06. The Kier molecular flexibility index (Phi) is 5.99. The summed E-state index contributed by atoms with van der Waals surface area (Å²) in [5.41, 5.74) is 2.11. The van der Waals surface area contributed by atoms with Crippen LogP contribution in [0.15, 0.2) is 42.0 Å². The molecule has 28 heavy (non-hydrogen) atoms. The van der Waals surface area contributed by atoms with Crippen molar-refractivity contribution >= 4 is 63.5 Å². The van der Waals surface area contributed by atoms with Crippen LogP contribution in [-0.4, -0.2) is 28.6 Å². The second kappa shape index (κ2) is 8.27. The third kappa shape index (κ3) is 4.02. The normalized spacial score (nSPS) is 15.8. The number of rotatable bonds is 4. The van der Waals surface area contributed by atoms with Gasteiger partial charge in [0, 0.05) is 0 Å². The van der Waals surface area contributed by atoms with Gasteiger partial charge in [0.1, 0.15) is 5.57 Å². The van der Waals surface area contributed by atoms with Crippen molar-refractivity contribution in [2.75, 3.05) is 11.5 Å². The maximum atomic E-state index is 13.0. The van der Waals surface area contributed by atoms with Gasteiger partial charge in [0.25, 0.3) is 11.8 Å². The zero-order chi connectivity index (χ0) is 20.4. The number of thiocarbonyl (C=S) groups is 1. The lowest BCUT2D eigenvalue weighted by molar-refractivity contribution is -0.122. The maximum Gasteiger partial charge on any atom is 0.270 e. The third-order valence-corrected chi connectivity index (χ3v) is 5.16. The van der Waals surface area contributed by atoms with Gasteiger partial charge in [-0.25, -0.2) is 0 Å². The molecule has 0 aromatic heterocycles. The molecule has 2 aromatic carbocycles. The fourth-order valence-electron chi connectivity index (χ4n) is 2.70. The van der Waals surface area contributed by atoms with Crippen LogP contribution < -0.4 is 15.0 Å². The van der Waals surface area contributed by atoms with E-state index in [9.17, 15) is 14.7 Å². The molecule has 2 amide bonds. The Morgan fingerprint density at radius 2 is 1.93 bits per heavy atom. The van der Waals surface area contributed by atoms with Crippen LogP contribution in [0.5, 0.6) is 11.5 Å². The largest absolute Gasteiger partial charge is 0.504 e. The van der Waals surface area contributed by atoms with Crippen molar-refractivity contribution < 1.29 is 19.4 Å². The Morgan fingerprint density at radius 1 is 1.25 bits per heavy atom. The monoisotopic (exact) mass is 508 g/mol. The molecule has 1 aliphatic heterocycles. The van der Waals surface area contributed by atoms with E-state index in [0.717, 1.165) is 5.56 Å². The minimum absolute atomic E-state index is 0.0199. The number of hydrogen-bond acceptors (Lipinski definition) is 5. The summed E-state index contributed by atoms with van der Waals surface area (Å²) in [5, 5.41) is 12.7. The molecule has 1 fully saturated rings. The van der Waals surface area contributed by atoms with E-state index in [2.05, 4.69) is 5.32 Å². The van der Waals surface area contributed by atoms with Crippen LogP contribution in [0.2, 0.25) is 0 Å². The van der Waals surface area contributed by atoms with Gasteiger partial charge in [-0.3, -0.25) is 19.8 Å². The topological polar surface area (TPSA) is 78.9 Å². The highest BCUT2D eigenvalue weighted by molar-refractivity contribution is 14.1. The van der Waals surface area contributed by atoms with E-state index in [1.165, 1.54) is 11.0 Å². The molecule has 144 valence electrons. The Morgan fingerprint density at radius 3 is 2.57 bits per heavy atom. The number of aryl methyl sites for hydroxylation is 1. The van der Waals surface area contributed by atoms with E-state index in [0.29, 0.717) is 21.4 Å². The van der Waals surface area contributed by atoms with Crippen molar-refractivity contribution in [2.24, 2.45) is 0 Å². The first-order chi connectivity index (χ1) is 13.3. The summed E-state index contributed by atoms with van der Waals surface area (Å²) in [5.74, 6) is -0.777. The molecule has 8 heteroatoms. The van der Waals surface area contributed by atoms with Crippen LogP contribution in [0.4, 0.5) is 5.69 Å². The Labute approximate surface area is 181 Å². The van der Waals surface area contributed by atoms with Crippen molar-refractivity contribution in [3.05, 3.63) is 56.7 Å². The average Bonchev–Trinajstić information content (AvgIpc) is 2.64. The number of aromatic hydroxyl groups is 1. The first-order valence-corrected chi connectivity index (χ1v) is 9.94. The lowest BCUT2D eigenvalue weighted by Gasteiger charge is -2.29. The number of ether oxygens (including phenoxy) is 1. The second-order valence-corrected chi connectivity index (χ2v) is 7.62. The molecule has 0 atom stereocenters. The van der Waals surface area contributed by atoms with Crippen molar-refractivity contribution in [3.8, 4) is 11.5 Å². The molecule has 2 aromatic rings. The fraction of sp³-hybridized carbons (Fsp3) is 0.150. The van der Waals surface area contributed by atoms with Gasteiger partial charge in [0.15, 0.2) is 16.6 Å². The van der Waals surface area contributed by atoms with Gasteiger partial charge < -0.3 is 9.84 Å². The summed E-state index contributed by atoms with van der Waals surface area (Å²) in [6.45, 7) is 4.12. The van der Waals surface area contributed by atoms with E-state index in [1.54, 1.807) is 31.2 Å². The van der Waals surface area contributed by atoms with E-state index in [-0.39, 0.29) is 22.2 Å². The van der Waals surface area contributed by atoms with Gasteiger partial charge in [-0.05, 0) is 84.6 Å². The molecule has 1 aliphatic rings. The number of phenolic OH excluding ortho intramolecular Hbond substituents is 1. The number of hydrogen-bond donors (Lipinski definition) is 2. The molecule has 2 N–H and O–H groups in total. The summed E-state index contributed by atoms with van der Waals surface area (Å²) in [6, 6.07) is 10.5. The number of nitrogens with one attached hydrogen (secondary N) is 1. The minimum Gasteiger partial charge on any atom is -0.504 e. The fourth-order valence-corrected chi connectivity index (χ4v) is 3.60. The Balaban J connectivity index is 2.03. The Bertz CT molecular complexity index is 1000. The number of phenols is 1. The molecular formula is C20H17IN2O4S. The van der Waals surface area contributed by atoms with Gasteiger partial charge in [-0.2, -0.15) is 0 Å². The number of carbonyl (C=O) groups is 2. The van der Waals surface area contributed by atoms with Crippen molar-refractivity contribution in [3.63, 3.8) is 0 Å². The number of anilines is 1. The number of amides is 2. The smallest absolute Gasteiger partial charge is 0.270 e. The van der Waals surface area contributed by atoms with Gasteiger partial charge in [0.2, 0.25) is 0 Å². The molecule has 0 aliphatic carbocycles. The molecule has 1 heterocycles. The van der Waals surface area contributed by atoms with E-state index in [4.69, 9.17) is 17.0 Å².